The number of benzene rings is 2. The fraction of sp³-hybridized carbons (Fsp3) is 0.200. The molecule has 1 unspecified atom stereocenters. The summed E-state index contributed by atoms with van der Waals surface area (Å²) in [5.74, 6) is -3.24. The van der Waals surface area contributed by atoms with Gasteiger partial charge < -0.3 is 5.32 Å². The Balaban J connectivity index is 1.91. The molecule has 0 fully saturated rings. The molecule has 2 aromatic carbocycles. The van der Waals surface area contributed by atoms with Crippen molar-refractivity contribution in [2.75, 3.05) is 5.32 Å². The topological polar surface area (TPSA) is 12.0 Å². The van der Waals surface area contributed by atoms with Crippen LogP contribution in [0.2, 0.25) is 0 Å². The number of hydrogen-bond donors (Lipinski definition) is 1. The molecule has 1 aliphatic carbocycles. The standard InChI is InChI=1S/C15H11F4N/c16-9-2-3-11-8(5-9)1-4-14(11)20-15-12(18)6-10(17)7-13(15)19/h2-3,5-7,14,20H,1,4H2. The average Bonchev–Trinajstić information content (AvgIpc) is 2.76. The molecule has 0 amide bonds. The van der Waals surface area contributed by atoms with Crippen LogP contribution in [-0.4, -0.2) is 0 Å². The van der Waals surface area contributed by atoms with Crippen LogP contribution in [0, 0.1) is 23.3 Å². The summed E-state index contributed by atoms with van der Waals surface area (Å²) in [6.07, 6.45) is 1.24. The first kappa shape index (κ1) is 13.0. The van der Waals surface area contributed by atoms with Crippen LogP contribution in [-0.2, 0) is 6.42 Å². The fourth-order valence-electron chi connectivity index (χ4n) is 2.59. The van der Waals surface area contributed by atoms with E-state index in [1.807, 2.05) is 0 Å². The van der Waals surface area contributed by atoms with Gasteiger partial charge in [-0.3, -0.25) is 0 Å². The van der Waals surface area contributed by atoms with Gasteiger partial charge in [-0.05, 0) is 36.1 Å². The molecule has 0 saturated heterocycles. The second-order valence-corrected chi connectivity index (χ2v) is 4.82. The van der Waals surface area contributed by atoms with Crippen LogP contribution in [0.1, 0.15) is 23.6 Å². The molecule has 104 valence electrons. The third kappa shape index (κ3) is 2.24. The lowest BCUT2D eigenvalue weighted by Gasteiger charge is -2.16. The van der Waals surface area contributed by atoms with Gasteiger partial charge in [-0.25, -0.2) is 17.6 Å². The Hall–Kier alpha value is -2.04. The highest BCUT2D eigenvalue weighted by Crippen LogP contribution is 2.35. The third-order valence-corrected chi connectivity index (χ3v) is 3.51. The maximum atomic E-state index is 13.6. The van der Waals surface area contributed by atoms with Gasteiger partial charge in [0.2, 0.25) is 0 Å². The third-order valence-electron chi connectivity index (χ3n) is 3.51. The predicted octanol–water partition coefficient (Wildman–Crippen LogP) is 4.34. The van der Waals surface area contributed by atoms with E-state index in [9.17, 15) is 17.6 Å². The van der Waals surface area contributed by atoms with Crippen molar-refractivity contribution in [3.8, 4) is 0 Å². The monoisotopic (exact) mass is 281 g/mol. The minimum Gasteiger partial charge on any atom is -0.373 e. The minimum atomic E-state index is -0.974. The van der Waals surface area contributed by atoms with Crippen molar-refractivity contribution in [2.24, 2.45) is 0 Å². The summed E-state index contributed by atoms with van der Waals surface area (Å²) in [6, 6.07) is 5.30. The number of aryl methyl sites for hydroxylation is 1. The first-order valence-electron chi connectivity index (χ1n) is 6.24. The van der Waals surface area contributed by atoms with Gasteiger partial charge in [-0.2, -0.15) is 0 Å². The fourth-order valence-corrected chi connectivity index (χ4v) is 2.59. The van der Waals surface area contributed by atoms with E-state index in [2.05, 4.69) is 5.32 Å². The molecule has 0 aliphatic heterocycles. The summed E-state index contributed by atoms with van der Waals surface area (Å²) >= 11 is 0. The Bertz CT molecular complexity index is 646. The van der Waals surface area contributed by atoms with Crippen LogP contribution in [0.4, 0.5) is 23.2 Å². The number of anilines is 1. The molecular formula is C15H11F4N. The van der Waals surface area contributed by atoms with Gasteiger partial charge in [0.05, 0.1) is 6.04 Å². The van der Waals surface area contributed by atoms with Crippen molar-refractivity contribution < 1.29 is 17.6 Å². The molecule has 1 atom stereocenters. The van der Waals surface area contributed by atoms with Crippen molar-refractivity contribution in [1.29, 1.82) is 0 Å². The summed E-state index contributed by atoms with van der Waals surface area (Å²) in [4.78, 5) is 0. The first-order chi connectivity index (χ1) is 9.54. The second-order valence-electron chi connectivity index (χ2n) is 4.82. The van der Waals surface area contributed by atoms with Gasteiger partial charge in [0.15, 0.2) is 11.6 Å². The normalized spacial score (nSPS) is 17.1. The number of halogens is 4. The van der Waals surface area contributed by atoms with E-state index < -0.39 is 17.5 Å². The molecular weight excluding hydrogens is 270 g/mol. The van der Waals surface area contributed by atoms with E-state index in [0.29, 0.717) is 25.0 Å². The lowest BCUT2D eigenvalue weighted by atomic mass is 10.1. The quantitative estimate of drug-likeness (QED) is 0.807. The van der Waals surface area contributed by atoms with Crippen molar-refractivity contribution in [2.45, 2.75) is 18.9 Å². The molecule has 0 aromatic heterocycles. The van der Waals surface area contributed by atoms with E-state index in [-0.39, 0.29) is 17.5 Å². The van der Waals surface area contributed by atoms with E-state index in [1.54, 1.807) is 6.07 Å². The highest BCUT2D eigenvalue weighted by atomic mass is 19.1. The zero-order valence-electron chi connectivity index (χ0n) is 10.4. The minimum absolute atomic E-state index is 0.305. The van der Waals surface area contributed by atoms with E-state index in [4.69, 9.17) is 0 Å². The largest absolute Gasteiger partial charge is 0.373 e. The summed E-state index contributed by atoms with van der Waals surface area (Å²) in [5, 5.41) is 2.74. The molecule has 20 heavy (non-hydrogen) atoms. The van der Waals surface area contributed by atoms with Gasteiger partial charge in [0.25, 0.3) is 0 Å². The summed E-state index contributed by atoms with van der Waals surface area (Å²) in [5.41, 5.74) is 1.29. The van der Waals surface area contributed by atoms with Crippen LogP contribution in [0.25, 0.3) is 0 Å². The van der Waals surface area contributed by atoms with Crippen molar-refractivity contribution in [3.05, 3.63) is 64.7 Å². The molecule has 1 aliphatic rings. The molecule has 0 heterocycles. The predicted molar refractivity (Wildman–Crippen MR) is 67.4 cm³/mol. The molecule has 3 rings (SSSR count). The van der Waals surface area contributed by atoms with Crippen LogP contribution in [0.3, 0.4) is 0 Å². The van der Waals surface area contributed by atoms with Crippen molar-refractivity contribution in [3.63, 3.8) is 0 Å². The van der Waals surface area contributed by atoms with Crippen LogP contribution in [0.5, 0.6) is 0 Å². The molecule has 0 radical (unpaired) electrons. The highest BCUT2D eigenvalue weighted by Gasteiger charge is 2.24. The summed E-state index contributed by atoms with van der Waals surface area (Å²) < 4.78 is 53.2. The smallest absolute Gasteiger partial charge is 0.152 e. The Morgan fingerprint density at radius 1 is 0.900 bits per heavy atom. The van der Waals surface area contributed by atoms with Crippen molar-refractivity contribution >= 4 is 5.69 Å². The lowest BCUT2D eigenvalue weighted by Crippen LogP contribution is -2.10. The lowest BCUT2D eigenvalue weighted by molar-refractivity contribution is 0.544. The molecule has 5 heteroatoms. The number of nitrogens with one attached hydrogen (secondary N) is 1. The van der Waals surface area contributed by atoms with Gasteiger partial charge in [0, 0.05) is 12.1 Å². The van der Waals surface area contributed by atoms with Crippen LogP contribution < -0.4 is 5.32 Å². The van der Waals surface area contributed by atoms with Gasteiger partial charge >= 0.3 is 0 Å². The van der Waals surface area contributed by atoms with Gasteiger partial charge in [0.1, 0.15) is 17.3 Å². The SMILES string of the molecule is Fc1cc(F)c(NC2CCc3cc(F)ccc32)c(F)c1. The maximum absolute atomic E-state index is 13.6. The Morgan fingerprint density at radius 3 is 2.30 bits per heavy atom. The zero-order chi connectivity index (χ0) is 14.3. The molecule has 0 saturated carbocycles. The first-order valence-corrected chi connectivity index (χ1v) is 6.24. The number of hydrogen-bond acceptors (Lipinski definition) is 1. The molecule has 0 spiro atoms. The second kappa shape index (κ2) is 4.81. The van der Waals surface area contributed by atoms with E-state index in [1.165, 1.54) is 12.1 Å². The number of fused-ring (bicyclic) bond motifs is 1. The van der Waals surface area contributed by atoms with E-state index in [0.717, 1.165) is 11.1 Å². The Morgan fingerprint density at radius 2 is 1.60 bits per heavy atom. The molecule has 1 nitrogen and oxygen atoms in total. The molecule has 2 aromatic rings. The van der Waals surface area contributed by atoms with Crippen molar-refractivity contribution in [1.82, 2.24) is 0 Å². The van der Waals surface area contributed by atoms with Gasteiger partial charge in [-0.15, -0.1) is 0 Å². The summed E-state index contributed by atoms with van der Waals surface area (Å²) in [7, 11) is 0. The summed E-state index contributed by atoms with van der Waals surface area (Å²) in [6.45, 7) is 0. The Labute approximate surface area is 113 Å². The molecule has 0 bridgehead atoms. The molecule has 1 N–H and O–H groups in total. The zero-order valence-corrected chi connectivity index (χ0v) is 10.4. The van der Waals surface area contributed by atoms with Crippen LogP contribution >= 0.6 is 0 Å². The van der Waals surface area contributed by atoms with Gasteiger partial charge in [-0.1, -0.05) is 6.07 Å². The van der Waals surface area contributed by atoms with Crippen LogP contribution in [0.15, 0.2) is 30.3 Å². The number of rotatable bonds is 2. The van der Waals surface area contributed by atoms with E-state index >= 15 is 0 Å². The average molecular weight is 281 g/mol. The Kier molecular flexibility index (Phi) is 3.12. The highest BCUT2D eigenvalue weighted by molar-refractivity contribution is 5.50. The maximum Gasteiger partial charge on any atom is 0.152 e.